The quantitative estimate of drug-likeness (QED) is 0.821. The van der Waals surface area contributed by atoms with Gasteiger partial charge in [0, 0.05) is 12.6 Å². The molecule has 1 aliphatic heterocycles. The number of nitrogens with zero attached hydrogens (tertiary/aromatic N) is 1. The summed E-state index contributed by atoms with van der Waals surface area (Å²) in [6.07, 6.45) is 3.09. The van der Waals surface area contributed by atoms with E-state index in [1.807, 2.05) is 0 Å². The van der Waals surface area contributed by atoms with E-state index in [9.17, 15) is 14.7 Å². The molecule has 0 bridgehead atoms. The fourth-order valence-corrected chi connectivity index (χ4v) is 4.59. The number of urea groups is 1. The van der Waals surface area contributed by atoms with Crippen molar-refractivity contribution >= 4 is 12.0 Å². The van der Waals surface area contributed by atoms with Crippen LogP contribution in [0.15, 0.2) is 0 Å². The molecular weight excluding hydrogens is 268 g/mol. The van der Waals surface area contributed by atoms with Gasteiger partial charge >= 0.3 is 12.0 Å². The SMILES string of the molecule is CC1(C)C(NC(=O)N2CC3CCCC3C2C(=O)O)C1(C)C. The number of aliphatic carboxylic acids is 1. The highest BCUT2D eigenvalue weighted by Gasteiger charge is 2.66. The monoisotopic (exact) mass is 294 g/mol. The van der Waals surface area contributed by atoms with Crippen molar-refractivity contribution in [3.8, 4) is 0 Å². The van der Waals surface area contributed by atoms with E-state index in [4.69, 9.17) is 0 Å². The Bertz CT molecular complexity index is 472. The molecule has 0 aromatic rings. The van der Waals surface area contributed by atoms with Crippen LogP contribution in [0.3, 0.4) is 0 Å². The third-order valence-corrected chi connectivity index (χ3v) is 6.69. The van der Waals surface area contributed by atoms with Gasteiger partial charge in [0.25, 0.3) is 0 Å². The Balaban J connectivity index is 1.72. The highest BCUT2D eigenvalue weighted by Crippen LogP contribution is 2.62. The molecule has 3 rings (SSSR count). The molecule has 0 spiro atoms. The molecule has 118 valence electrons. The van der Waals surface area contributed by atoms with Crippen LogP contribution >= 0.6 is 0 Å². The van der Waals surface area contributed by atoms with Gasteiger partial charge in [-0.05, 0) is 35.5 Å². The van der Waals surface area contributed by atoms with Gasteiger partial charge in [0.05, 0.1) is 0 Å². The van der Waals surface area contributed by atoms with Gasteiger partial charge in [0.15, 0.2) is 0 Å². The van der Waals surface area contributed by atoms with Crippen molar-refractivity contribution in [2.45, 2.75) is 59.0 Å². The van der Waals surface area contributed by atoms with Crippen molar-refractivity contribution in [1.29, 1.82) is 0 Å². The second-order valence-electron chi connectivity index (χ2n) is 8.12. The lowest BCUT2D eigenvalue weighted by molar-refractivity contribution is -0.142. The molecule has 5 heteroatoms. The summed E-state index contributed by atoms with van der Waals surface area (Å²) in [6, 6.07) is -0.713. The van der Waals surface area contributed by atoms with E-state index in [0.717, 1.165) is 19.3 Å². The first kappa shape index (κ1) is 14.7. The minimum Gasteiger partial charge on any atom is -0.480 e. The van der Waals surface area contributed by atoms with Crippen molar-refractivity contribution in [3.05, 3.63) is 0 Å². The standard InChI is InChI=1S/C16H26N2O3/c1-15(2)13(16(15,3)4)17-14(21)18-8-9-6-5-7-10(9)11(18)12(19)20/h9-11,13H,5-8H2,1-4H3,(H,17,21)(H,19,20). The number of carboxylic acids is 1. The van der Waals surface area contributed by atoms with Gasteiger partial charge in [-0.2, -0.15) is 0 Å². The summed E-state index contributed by atoms with van der Waals surface area (Å²) in [5, 5.41) is 12.6. The molecule has 0 aromatic heterocycles. The Morgan fingerprint density at radius 2 is 1.76 bits per heavy atom. The van der Waals surface area contributed by atoms with Crippen LogP contribution in [-0.2, 0) is 4.79 Å². The summed E-state index contributed by atoms with van der Waals surface area (Å²) in [5.74, 6) is -0.334. The maximum atomic E-state index is 12.6. The van der Waals surface area contributed by atoms with Crippen LogP contribution < -0.4 is 5.32 Å². The minimum absolute atomic E-state index is 0.0664. The number of rotatable bonds is 2. The third-order valence-electron chi connectivity index (χ3n) is 6.69. The lowest BCUT2D eigenvalue weighted by atomic mass is 9.94. The van der Waals surface area contributed by atoms with Crippen LogP contribution in [-0.4, -0.2) is 40.6 Å². The smallest absolute Gasteiger partial charge is 0.326 e. The molecule has 1 saturated heterocycles. The molecule has 2 amide bonds. The first-order valence-corrected chi connectivity index (χ1v) is 7.98. The molecule has 0 radical (unpaired) electrons. The fourth-order valence-electron chi connectivity index (χ4n) is 4.59. The zero-order valence-electron chi connectivity index (χ0n) is 13.3. The number of carbonyl (C=O) groups is 2. The van der Waals surface area contributed by atoms with Gasteiger partial charge in [-0.15, -0.1) is 0 Å². The number of hydrogen-bond donors (Lipinski definition) is 2. The highest BCUT2D eigenvalue weighted by molar-refractivity contribution is 5.84. The van der Waals surface area contributed by atoms with Crippen molar-refractivity contribution in [2.75, 3.05) is 6.54 Å². The Kier molecular flexibility index (Phi) is 3.05. The maximum absolute atomic E-state index is 12.6. The Morgan fingerprint density at radius 3 is 2.29 bits per heavy atom. The number of carboxylic acid groups (broad SMARTS) is 1. The number of likely N-dealkylation sites (tertiary alicyclic amines) is 1. The van der Waals surface area contributed by atoms with Crippen molar-refractivity contribution in [2.24, 2.45) is 22.7 Å². The van der Waals surface area contributed by atoms with Crippen LogP contribution in [0.25, 0.3) is 0 Å². The Hall–Kier alpha value is -1.26. The second kappa shape index (κ2) is 4.37. The maximum Gasteiger partial charge on any atom is 0.326 e. The second-order valence-corrected chi connectivity index (χ2v) is 8.12. The summed E-state index contributed by atoms with van der Waals surface area (Å²) in [6.45, 7) is 9.18. The molecule has 21 heavy (non-hydrogen) atoms. The number of amides is 2. The van der Waals surface area contributed by atoms with Crippen LogP contribution in [0.5, 0.6) is 0 Å². The van der Waals surface area contributed by atoms with E-state index in [2.05, 4.69) is 33.0 Å². The summed E-state index contributed by atoms with van der Waals surface area (Å²) >= 11 is 0. The molecule has 1 heterocycles. The highest BCUT2D eigenvalue weighted by atomic mass is 16.4. The largest absolute Gasteiger partial charge is 0.480 e. The Labute approximate surface area is 126 Å². The van der Waals surface area contributed by atoms with Crippen molar-refractivity contribution < 1.29 is 14.7 Å². The van der Waals surface area contributed by atoms with E-state index in [-0.39, 0.29) is 28.8 Å². The molecule has 2 aliphatic carbocycles. The van der Waals surface area contributed by atoms with Gasteiger partial charge in [-0.25, -0.2) is 9.59 Å². The topological polar surface area (TPSA) is 69.6 Å². The van der Waals surface area contributed by atoms with Gasteiger partial charge in [-0.3, -0.25) is 0 Å². The van der Waals surface area contributed by atoms with E-state index < -0.39 is 12.0 Å². The van der Waals surface area contributed by atoms with E-state index >= 15 is 0 Å². The molecule has 3 unspecified atom stereocenters. The number of nitrogens with one attached hydrogen (secondary N) is 1. The van der Waals surface area contributed by atoms with E-state index in [1.54, 1.807) is 4.90 Å². The lowest BCUT2D eigenvalue weighted by Gasteiger charge is -2.25. The van der Waals surface area contributed by atoms with Crippen LogP contribution in [0.2, 0.25) is 0 Å². The average Bonchev–Trinajstić information content (AvgIpc) is 2.82. The third kappa shape index (κ3) is 1.96. The molecule has 2 saturated carbocycles. The summed E-state index contributed by atoms with van der Waals surface area (Å²) in [7, 11) is 0. The number of carbonyl (C=O) groups excluding carboxylic acids is 1. The van der Waals surface area contributed by atoms with Crippen LogP contribution in [0.1, 0.15) is 47.0 Å². The summed E-state index contributed by atoms with van der Waals surface area (Å²) < 4.78 is 0. The van der Waals surface area contributed by atoms with Gasteiger partial charge < -0.3 is 15.3 Å². The fraction of sp³-hybridized carbons (Fsp3) is 0.875. The molecule has 3 aliphatic rings. The van der Waals surface area contributed by atoms with Gasteiger partial charge in [-0.1, -0.05) is 34.1 Å². The zero-order chi connectivity index (χ0) is 15.6. The predicted octanol–water partition coefficient (Wildman–Crippen LogP) is 2.32. The van der Waals surface area contributed by atoms with Crippen LogP contribution in [0, 0.1) is 22.7 Å². The average molecular weight is 294 g/mol. The number of fused-ring (bicyclic) bond motifs is 1. The van der Waals surface area contributed by atoms with Gasteiger partial charge in [0.1, 0.15) is 6.04 Å². The van der Waals surface area contributed by atoms with Gasteiger partial charge in [0.2, 0.25) is 0 Å². The molecular formula is C16H26N2O3. The van der Waals surface area contributed by atoms with Crippen LogP contribution in [0.4, 0.5) is 4.79 Å². The molecule has 3 fully saturated rings. The Morgan fingerprint density at radius 1 is 1.14 bits per heavy atom. The zero-order valence-corrected chi connectivity index (χ0v) is 13.3. The molecule has 3 atom stereocenters. The molecule has 5 nitrogen and oxygen atoms in total. The van der Waals surface area contributed by atoms with Crippen molar-refractivity contribution in [3.63, 3.8) is 0 Å². The molecule has 0 aromatic carbocycles. The normalized spacial score (nSPS) is 36.4. The lowest BCUT2D eigenvalue weighted by Crippen LogP contribution is -2.49. The van der Waals surface area contributed by atoms with E-state index in [1.165, 1.54) is 0 Å². The van der Waals surface area contributed by atoms with E-state index in [0.29, 0.717) is 12.5 Å². The first-order chi connectivity index (χ1) is 9.68. The molecule has 2 N–H and O–H groups in total. The van der Waals surface area contributed by atoms with Crippen molar-refractivity contribution in [1.82, 2.24) is 10.2 Å². The first-order valence-electron chi connectivity index (χ1n) is 7.98. The minimum atomic E-state index is -0.853. The summed E-state index contributed by atoms with van der Waals surface area (Å²) in [5.41, 5.74) is 0.133. The summed E-state index contributed by atoms with van der Waals surface area (Å²) in [4.78, 5) is 25.7. The number of hydrogen-bond acceptors (Lipinski definition) is 2. The predicted molar refractivity (Wildman–Crippen MR) is 78.8 cm³/mol.